The molecule has 0 unspecified atom stereocenters. The zero-order chi connectivity index (χ0) is 15.2. The Morgan fingerprint density at radius 3 is 2.43 bits per heavy atom. The zero-order valence-electron chi connectivity index (χ0n) is 12.4. The van der Waals surface area contributed by atoms with Gasteiger partial charge >= 0.3 is 0 Å². The summed E-state index contributed by atoms with van der Waals surface area (Å²) in [6.45, 7) is 6.83. The average molecular weight is 329 g/mol. The van der Waals surface area contributed by atoms with E-state index in [1.807, 2.05) is 4.90 Å². The summed E-state index contributed by atoms with van der Waals surface area (Å²) in [7, 11) is 0. The van der Waals surface area contributed by atoms with E-state index in [0.717, 1.165) is 32.7 Å². The van der Waals surface area contributed by atoms with Crippen LogP contribution in [-0.2, 0) is 0 Å². The molecule has 0 aliphatic carbocycles. The molecule has 1 aliphatic rings. The molecule has 2 rings (SSSR count). The standard InChI is InChI=1S/C16H22Cl2N2O/c1-2-3-4-7-19-8-10-20(11-9-19)16(21)13-5-6-14(17)15(18)12-13/h5-6,12H,2-4,7-11H2,1H3. The van der Waals surface area contributed by atoms with E-state index < -0.39 is 0 Å². The van der Waals surface area contributed by atoms with Gasteiger partial charge in [-0.1, -0.05) is 43.0 Å². The molecule has 1 saturated heterocycles. The van der Waals surface area contributed by atoms with Crippen LogP contribution in [0, 0.1) is 0 Å². The van der Waals surface area contributed by atoms with Gasteiger partial charge in [0.15, 0.2) is 0 Å². The van der Waals surface area contributed by atoms with Gasteiger partial charge in [-0.15, -0.1) is 0 Å². The first-order valence-corrected chi connectivity index (χ1v) is 8.34. The highest BCUT2D eigenvalue weighted by Gasteiger charge is 2.22. The number of nitrogens with zero attached hydrogens (tertiary/aromatic N) is 2. The summed E-state index contributed by atoms with van der Waals surface area (Å²) >= 11 is 11.9. The fourth-order valence-electron chi connectivity index (χ4n) is 2.57. The molecule has 21 heavy (non-hydrogen) atoms. The summed E-state index contributed by atoms with van der Waals surface area (Å²) < 4.78 is 0. The first-order valence-electron chi connectivity index (χ1n) is 7.58. The minimum absolute atomic E-state index is 0.0433. The van der Waals surface area contributed by atoms with Gasteiger partial charge in [-0.2, -0.15) is 0 Å². The van der Waals surface area contributed by atoms with Crippen molar-refractivity contribution in [3.05, 3.63) is 33.8 Å². The molecule has 5 heteroatoms. The highest BCUT2D eigenvalue weighted by atomic mass is 35.5. The second-order valence-electron chi connectivity index (χ2n) is 5.47. The minimum atomic E-state index is 0.0433. The summed E-state index contributed by atoms with van der Waals surface area (Å²) in [4.78, 5) is 16.8. The fraction of sp³-hybridized carbons (Fsp3) is 0.562. The van der Waals surface area contributed by atoms with Gasteiger partial charge in [-0.25, -0.2) is 0 Å². The lowest BCUT2D eigenvalue weighted by atomic mass is 10.1. The lowest BCUT2D eigenvalue weighted by molar-refractivity contribution is 0.0635. The highest BCUT2D eigenvalue weighted by molar-refractivity contribution is 6.42. The number of halogens is 2. The van der Waals surface area contributed by atoms with Crippen molar-refractivity contribution in [1.29, 1.82) is 0 Å². The smallest absolute Gasteiger partial charge is 0.253 e. The molecule has 1 aliphatic heterocycles. The first-order chi connectivity index (χ1) is 10.1. The molecule has 3 nitrogen and oxygen atoms in total. The molecule has 1 aromatic rings. The van der Waals surface area contributed by atoms with Gasteiger partial charge in [-0.3, -0.25) is 9.69 Å². The van der Waals surface area contributed by atoms with Crippen molar-refractivity contribution in [1.82, 2.24) is 9.80 Å². The van der Waals surface area contributed by atoms with Crippen LogP contribution >= 0.6 is 23.2 Å². The van der Waals surface area contributed by atoms with E-state index in [0.29, 0.717) is 15.6 Å². The van der Waals surface area contributed by atoms with Crippen LogP contribution in [-0.4, -0.2) is 48.4 Å². The van der Waals surface area contributed by atoms with Crippen LogP contribution in [0.4, 0.5) is 0 Å². The van der Waals surface area contributed by atoms with Crippen LogP contribution in [0.15, 0.2) is 18.2 Å². The maximum absolute atomic E-state index is 12.4. The number of hydrogen-bond acceptors (Lipinski definition) is 2. The molecule has 0 bridgehead atoms. The fourth-order valence-corrected chi connectivity index (χ4v) is 2.87. The third-order valence-electron chi connectivity index (χ3n) is 3.90. The Kier molecular flexibility index (Phi) is 6.34. The molecule has 116 valence electrons. The quantitative estimate of drug-likeness (QED) is 0.764. The number of carbonyl (C=O) groups is 1. The van der Waals surface area contributed by atoms with E-state index >= 15 is 0 Å². The van der Waals surface area contributed by atoms with Crippen LogP contribution in [0.5, 0.6) is 0 Å². The van der Waals surface area contributed by atoms with Gasteiger partial charge < -0.3 is 4.90 Å². The molecule has 1 aromatic carbocycles. The van der Waals surface area contributed by atoms with Crippen LogP contribution in [0.2, 0.25) is 10.0 Å². The number of hydrogen-bond donors (Lipinski definition) is 0. The van der Waals surface area contributed by atoms with Gasteiger partial charge in [0.2, 0.25) is 0 Å². The second kappa shape index (κ2) is 8.02. The maximum Gasteiger partial charge on any atom is 0.253 e. The summed E-state index contributed by atoms with van der Waals surface area (Å²) in [5.41, 5.74) is 0.615. The maximum atomic E-state index is 12.4. The second-order valence-corrected chi connectivity index (χ2v) is 6.28. The van der Waals surface area contributed by atoms with Gasteiger partial charge in [0, 0.05) is 31.7 Å². The van der Waals surface area contributed by atoms with Gasteiger partial charge in [0.1, 0.15) is 0 Å². The Bertz CT molecular complexity index is 485. The lowest BCUT2D eigenvalue weighted by Gasteiger charge is -2.34. The van der Waals surface area contributed by atoms with Crippen LogP contribution < -0.4 is 0 Å². The molecule has 1 heterocycles. The number of benzene rings is 1. The Hall–Kier alpha value is -0.770. The van der Waals surface area contributed by atoms with Crippen LogP contribution in [0.1, 0.15) is 36.5 Å². The topological polar surface area (TPSA) is 23.6 Å². The zero-order valence-corrected chi connectivity index (χ0v) is 14.0. The summed E-state index contributed by atoms with van der Waals surface area (Å²) in [6, 6.07) is 5.07. The van der Waals surface area contributed by atoms with Gasteiger partial charge in [-0.05, 0) is 31.2 Å². The van der Waals surface area contributed by atoms with E-state index in [1.54, 1.807) is 18.2 Å². The Labute approximate surface area is 136 Å². The van der Waals surface area contributed by atoms with Crippen molar-refractivity contribution in [2.45, 2.75) is 26.2 Å². The van der Waals surface area contributed by atoms with Crippen molar-refractivity contribution < 1.29 is 4.79 Å². The molecule has 0 saturated carbocycles. The number of carbonyl (C=O) groups excluding carboxylic acids is 1. The van der Waals surface area contributed by atoms with Gasteiger partial charge in [0.05, 0.1) is 10.0 Å². The normalized spacial score (nSPS) is 16.2. The SMILES string of the molecule is CCCCCN1CCN(C(=O)c2ccc(Cl)c(Cl)c2)CC1. The van der Waals surface area contributed by atoms with Crippen molar-refractivity contribution in [2.24, 2.45) is 0 Å². The van der Waals surface area contributed by atoms with E-state index in [9.17, 15) is 4.79 Å². The number of amides is 1. The highest BCUT2D eigenvalue weighted by Crippen LogP contribution is 2.23. The van der Waals surface area contributed by atoms with E-state index in [2.05, 4.69) is 11.8 Å². The van der Waals surface area contributed by atoms with Crippen LogP contribution in [0.3, 0.4) is 0 Å². The molecule has 1 fully saturated rings. The summed E-state index contributed by atoms with van der Waals surface area (Å²) in [5, 5.41) is 0.912. The Morgan fingerprint density at radius 1 is 1.10 bits per heavy atom. The van der Waals surface area contributed by atoms with E-state index in [-0.39, 0.29) is 5.91 Å². The predicted molar refractivity (Wildman–Crippen MR) is 88.3 cm³/mol. The summed E-state index contributed by atoms with van der Waals surface area (Å²) in [6.07, 6.45) is 3.77. The molecule has 0 atom stereocenters. The molecule has 0 radical (unpaired) electrons. The molecular formula is C16H22Cl2N2O. The third-order valence-corrected chi connectivity index (χ3v) is 4.64. The Morgan fingerprint density at radius 2 is 1.81 bits per heavy atom. The first kappa shape index (κ1) is 16.6. The molecule has 1 amide bonds. The van der Waals surface area contributed by atoms with Crippen LogP contribution in [0.25, 0.3) is 0 Å². The van der Waals surface area contributed by atoms with E-state index in [1.165, 1.54) is 19.3 Å². The Balaban J connectivity index is 1.86. The average Bonchev–Trinajstić information content (AvgIpc) is 2.50. The largest absolute Gasteiger partial charge is 0.336 e. The third kappa shape index (κ3) is 4.60. The molecule has 0 aromatic heterocycles. The number of piperazine rings is 1. The van der Waals surface area contributed by atoms with E-state index in [4.69, 9.17) is 23.2 Å². The van der Waals surface area contributed by atoms with Crippen molar-refractivity contribution in [3.8, 4) is 0 Å². The summed E-state index contributed by atoms with van der Waals surface area (Å²) in [5.74, 6) is 0.0433. The number of unbranched alkanes of at least 4 members (excludes halogenated alkanes) is 2. The monoisotopic (exact) mass is 328 g/mol. The molecule has 0 N–H and O–H groups in total. The minimum Gasteiger partial charge on any atom is -0.336 e. The molecular weight excluding hydrogens is 307 g/mol. The molecule has 0 spiro atoms. The number of rotatable bonds is 5. The van der Waals surface area contributed by atoms with Crippen molar-refractivity contribution in [3.63, 3.8) is 0 Å². The van der Waals surface area contributed by atoms with Crippen molar-refractivity contribution >= 4 is 29.1 Å². The van der Waals surface area contributed by atoms with Gasteiger partial charge in [0.25, 0.3) is 5.91 Å². The lowest BCUT2D eigenvalue weighted by Crippen LogP contribution is -2.48. The van der Waals surface area contributed by atoms with Crippen molar-refractivity contribution in [2.75, 3.05) is 32.7 Å². The predicted octanol–water partition coefficient (Wildman–Crippen LogP) is 3.94.